The molecule has 1 N–H and O–H groups in total. The molecule has 0 saturated heterocycles. The van der Waals surface area contributed by atoms with Crippen LogP contribution in [0.3, 0.4) is 0 Å². The second-order valence-corrected chi connectivity index (χ2v) is 6.88. The Hall–Kier alpha value is -3.41. The van der Waals surface area contributed by atoms with Gasteiger partial charge in [-0.25, -0.2) is 0 Å². The highest BCUT2D eigenvalue weighted by molar-refractivity contribution is 6.05. The monoisotopic (exact) mass is 376 g/mol. The van der Waals surface area contributed by atoms with E-state index >= 15 is 0 Å². The van der Waals surface area contributed by atoms with Crippen LogP contribution < -0.4 is 5.32 Å². The number of hydrogen-bond acceptors (Lipinski definition) is 3. The van der Waals surface area contributed by atoms with Gasteiger partial charge in [0.2, 0.25) is 5.91 Å². The maximum absolute atomic E-state index is 13.3. The second kappa shape index (κ2) is 8.08. The Kier molecular flexibility index (Phi) is 5.59. The van der Waals surface area contributed by atoms with Gasteiger partial charge in [0.1, 0.15) is 0 Å². The minimum Gasteiger partial charge on any atom is -0.343 e. The van der Waals surface area contributed by atoms with Crippen molar-refractivity contribution in [3.8, 4) is 0 Å². The Morgan fingerprint density at radius 3 is 1.93 bits per heavy atom. The molecule has 0 aliphatic rings. The van der Waals surface area contributed by atoms with E-state index in [1.807, 2.05) is 67.6 Å². The predicted octanol–water partition coefficient (Wildman–Crippen LogP) is 3.20. The Morgan fingerprint density at radius 2 is 1.46 bits per heavy atom. The van der Waals surface area contributed by atoms with E-state index in [1.165, 1.54) is 4.90 Å². The van der Waals surface area contributed by atoms with Crippen LogP contribution in [-0.2, 0) is 11.8 Å². The third kappa shape index (κ3) is 3.81. The number of hydrogen-bond donors (Lipinski definition) is 1. The van der Waals surface area contributed by atoms with Crippen LogP contribution in [0.2, 0.25) is 0 Å². The number of amides is 2. The zero-order valence-electron chi connectivity index (χ0n) is 16.5. The van der Waals surface area contributed by atoms with Crippen molar-refractivity contribution in [3.05, 3.63) is 83.2 Å². The van der Waals surface area contributed by atoms with Gasteiger partial charge in [0.25, 0.3) is 5.91 Å². The van der Waals surface area contributed by atoms with E-state index in [4.69, 9.17) is 0 Å². The molecule has 1 aromatic heterocycles. The van der Waals surface area contributed by atoms with Crippen LogP contribution in [0.15, 0.2) is 60.7 Å². The van der Waals surface area contributed by atoms with Crippen molar-refractivity contribution in [1.82, 2.24) is 14.7 Å². The normalized spacial score (nSPS) is 10.8. The first-order chi connectivity index (χ1) is 13.4. The number of benzene rings is 2. The van der Waals surface area contributed by atoms with Gasteiger partial charge in [-0.2, -0.15) is 5.10 Å². The largest absolute Gasteiger partial charge is 0.343 e. The Morgan fingerprint density at radius 1 is 0.964 bits per heavy atom. The molecule has 144 valence electrons. The number of carbonyl (C=O) groups excluding carboxylic acids is 2. The zero-order valence-corrected chi connectivity index (χ0v) is 16.5. The summed E-state index contributed by atoms with van der Waals surface area (Å²) in [6, 6.07) is 19.2. The molecule has 1 heterocycles. The average molecular weight is 376 g/mol. The van der Waals surface area contributed by atoms with E-state index in [1.54, 1.807) is 25.8 Å². The molecule has 2 amide bonds. The lowest BCUT2D eigenvalue weighted by molar-refractivity contribution is -0.116. The summed E-state index contributed by atoms with van der Waals surface area (Å²) in [7, 11) is 5.08. The lowest BCUT2D eigenvalue weighted by atomic mass is 9.90. The Labute approximate surface area is 164 Å². The van der Waals surface area contributed by atoms with Gasteiger partial charge in [-0.1, -0.05) is 60.7 Å². The van der Waals surface area contributed by atoms with Crippen LogP contribution in [0.25, 0.3) is 0 Å². The molecule has 0 radical (unpaired) electrons. The van der Waals surface area contributed by atoms with Crippen molar-refractivity contribution >= 4 is 17.5 Å². The summed E-state index contributed by atoms with van der Waals surface area (Å²) < 4.78 is 1.60. The zero-order chi connectivity index (χ0) is 20.3. The van der Waals surface area contributed by atoms with Gasteiger partial charge in [0, 0.05) is 21.1 Å². The molecule has 0 aliphatic heterocycles. The topological polar surface area (TPSA) is 67.2 Å². The van der Waals surface area contributed by atoms with Gasteiger partial charge in [-0.15, -0.1) is 0 Å². The summed E-state index contributed by atoms with van der Waals surface area (Å²) in [5, 5.41) is 7.26. The number of rotatable bonds is 5. The van der Waals surface area contributed by atoms with E-state index in [0.29, 0.717) is 5.69 Å². The highest BCUT2D eigenvalue weighted by atomic mass is 16.2. The summed E-state index contributed by atoms with van der Waals surface area (Å²) >= 11 is 0. The van der Waals surface area contributed by atoms with E-state index in [9.17, 15) is 9.59 Å². The van der Waals surface area contributed by atoms with Gasteiger partial charge in [0.05, 0.1) is 17.3 Å². The van der Waals surface area contributed by atoms with Crippen LogP contribution in [0.4, 0.5) is 5.69 Å². The SMILES string of the molecule is Cc1c(NC(=O)C(c2ccccc2)c2ccccc2)c(C(=O)N(C)C)nn1C. The lowest BCUT2D eigenvalue weighted by Crippen LogP contribution is -2.26. The van der Waals surface area contributed by atoms with E-state index in [2.05, 4.69) is 10.4 Å². The molecule has 6 heteroatoms. The van der Waals surface area contributed by atoms with E-state index in [-0.39, 0.29) is 17.5 Å². The smallest absolute Gasteiger partial charge is 0.276 e. The van der Waals surface area contributed by atoms with Crippen LogP contribution >= 0.6 is 0 Å². The number of nitrogens with one attached hydrogen (secondary N) is 1. The first-order valence-corrected chi connectivity index (χ1v) is 9.06. The van der Waals surface area contributed by atoms with Crippen molar-refractivity contribution in [2.75, 3.05) is 19.4 Å². The fourth-order valence-electron chi connectivity index (χ4n) is 3.10. The molecule has 0 unspecified atom stereocenters. The number of carbonyl (C=O) groups is 2. The average Bonchev–Trinajstić information content (AvgIpc) is 2.97. The van der Waals surface area contributed by atoms with Gasteiger partial charge in [-0.05, 0) is 18.1 Å². The minimum atomic E-state index is -0.496. The summed E-state index contributed by atoms with van der Waals surface area (Å²) in [5.74, 6) is -0.958. The highest BCUT2D eigenvalue weighted by Gasteiger charge is 2.27. The maximum Gasteiger partial charge on any atom is 0.276 e. The predicted molar refractivity (Wildman–Crippen MR) is 109 cm³/mol. The maximum atomic E-state index is 13.3. The fourth-order valence-corrected chi connectivity index (χ4v) is 3.10. The standard InChI is InChI=1S/C22H24N4O2/c1-15-19(20(24-26(15)4)22(28)25(2)3)23-21(27)18(16-11-7-5-8-12-16)17-13-9-6-10-14-17/h5-14,18H,1-4H3,(H,23,27). The molecule has 3 aromatic rings. The fraction of sp³-hybridized carbons (Fsp3) is 0.227. The molecule has 6 nitrogen and oxygen atoms in total. The molecule has 0 saturated carbocycles. The Bertz CT molecular complexity index is 939. The molecule has 0 spiro atoms. The summed E-state index contributed by atoms with van der Waals surface area (Å²) in [6.07, 6.45) is 0. The molecular formula is C22H24N4O2. The minimum absolute atomic E-state index is 0.207. The molecule has 0 bridgehead atoms. The Balaban J connectivity index is 2.01. The molecular weight excluding hydrogens is 352 g/mol. The molecule has 0 aliphatic carbocycles. The highest BCUT2D eigenvalue weighted by Crippen LogP contribution is 2.28. The van der Waals surface area contributed by atoms with Crippen LogP contribution in [0, 0.1) is 6.92 Å². The quantitative estimate of drug-likeness (QED) is 0.744. The van der Waals surface area contributed by atoms with Gasteiger partial charge < -0.3 is 10.2 Å². The van der Waals surface area contributed by atoms with Gasteiger partial charge in [0.15, 0.2) is 5.69 Å². The summed E-state index contributed by atoms with van der Waals surface area (Å²) in [6.45, 7) is 1.83. The van der Waals surface area contributed by atoms with Crippen molar-refractivity contribution in [3.63, 3.8) is 0 Å². The third-order valence-corrected chi connectivity index (χ3v) is 4.72. The van der Waals surface area contributed by atoms with Gasteiger partial charge in [-0.3, -0.25) is 14.3 Å². The van der Waals surface area contributed by atoms with E-state index < -0.39 is 5.92 Å². The number of aryl methyl sites for hydroxylation is 1. The lowest BCUT2D eigenvalue weighted by Gasteiger charge is -2.18. The van der Waals surface area contributed by atoms with Crippen molar-refractivity contribution < 1.29 is 9.59 Å². The van der Waals surface area contributed by atoms with E-state index in [0.717, 1.165) is 16.8 Å². The first-order valence-electron chi connectivity index (χ1n) is 9.06. The first kappa shape index (κ1) is 19.4. The van der Waals surface area contributed by atoms with Gasteiger partial charge >= 0.3 is 0 Å². The molecule has 0 atom stereocenters. The molecule has 28 heavy (non-hydrogen) atoms. The molecule has 0 fully saturated rings. The number of aromatic nitrogens is 2. The van der Waals surface area contributed by atoms with Crippen LogP contribution in [0.5, 0.6) is 0 Å². The third-order valence-electron chi connectivity index (χ3n) is 4.72. The van der Waals surface area contributed by atoms with Crippen molar-refractivity contribution in [2.24, 2.45) is 7.05 Å². The van der Waals surface area contributed by atoms with Crippen LogP contribution in [-0.4, -0.2) is 40.6 Å². The van der Waals surface area contributed by atoms with Crippen molar-refractivity contribution in [1.29, 1.82) is 0 Å². The van der Waals surface area contributed by atoms with Crippen molar-refractivity contribution in [2.45, 2.75) is 12.8 Å². The summed E-state index contributed by atoms with van der Waals surface area (Å²) in [4.78, 5) is 27.3. The number of nitrogens with zero attached hydrogens (tertiary/aromatic N) is 3. The summed E-state index contributed by atoms with van der Waals surface area (Å²) in [5.41, 5.74) is 3.17. The van der Waals surface area contributed by atoms with Crippen LogP contribution in [0.1, 0.15) is 33.2 Å². The second-order valence-electron chi connectivity index (χ2n) is 6.88. The molecule has 3 rings (SSSR count). The number of anilines is 1. The molecule has 2 aromatic carbocycles.